The van der Waals surface area contributed by atoms with Gasteiger partial charge in [-0.25, -0.2) is 4.79 Å². The molecule has 0 saturated carbocycles. The van der Waals surface area contributed by atoms with Gasteiger partial charge in [-0.1, -0.05) is 29.3 Å². The van der Waals surface area contributed by atoms with Crippen molar-refractivity contribution in [2.75, 3.05) is 0 Å². The Morgan fingerprint density at radius 3 is 2.45 bits per heavy atom. The van der Waals surface area contributed by atoms with Crippen LogP contribution in [0.3, 0.4) is 0 Å². The van der Waals surface area contributed by atoms with Crippen LogP contribution in [-0.4, -0.2) is 16.2 Å². The summed E-state index contributed by atoms with van der Waals surface area (Å²) in [5, 5.41) is 1.08. The Kier molecular flexibility index (Phi) is 3.34. The van der Waals surface area contributed by atoms with Gasteiger partial charge in [0.05, 0.1) is 26.8 Å². The highest BCUT2D eigenvalue weighted by Gasteiger charge is 2.03. The number of rotatable bonds is 2. The van der Waals surface area contributed by atoms with Crippen molar-refractivity contribution in [2.24, 2.45) is 4.99 Å². The third-order valence-electron chi connectivity index (χ3n) is 2.84. The molecule has 0 bridgehead atoms. The van der Waals surface area contributed by atoms with Crippen molar-refractivity contribution in [3.8, 4) is 0 Å². The van der Waals surface area contributed by atoms with E-state index < -0.39 is 0 Å². The zero-order valence-corrected chi connectivity index (χ0v) is 11.7. The van der Waals surface area contributed by atoms with E-state index in [2.05, 4.69) is 15.0 Å². The van der Waals surface area contributed by atoms with Crippen molar-refractivity contribution >= 4 is 46.1 Å². The fraction of sp³-hybridized carbons (Fsp3) is 0. The summed E-state index contributed by atoms with van der Waals surface area (Å²) in [7, 11) is 0. The summed E-state index contributed by atoms with van der Waals surface area (Å²) in [4.78, 5) is 20.9. The van der Waals surface area contributed by atoms with Crippen molar-refractivity contribution < 1.29 is 0 Å². The van der Waals surface area contributed by atoms with Crippen LogP contribution in [0.5, 0.6) is 0 Å². The van der Waals surface area contributed by atoms with E-state index in [1.807, 2.05) is 0 Å². The number of nitrogens with zero attached hydrogens (tertiary/aromatic N) is 1. The molecule has 2 aromatic carbocycles. The van der Waals surface area contributed by atoms with Crippen LogP contribution < -0.4 is 5.69 Å². The first-order valence-electron chi connectivity index (χ1n) is 5.83. The number of aromatic amines is 2. The van der Waals surface area contributed by atoms with Crippen LogP contribution in [0.4, 0.5) is 5.69 Å². The number of nitrogens with one attached hydrogen (secondary N) is 2. The van der Waals surface area contributed by atoms with E-state index in [1.54, 1.807) is 42.6 Å². The summed E-state index contributed by atoms with van der Waals surface area (Å²) in [6, 6.07) is 10.6. The van der Waals surface area contributed by atoms with Crippen LogP contribution in [0, 0.1) is 0 Å². The van der Waals surface area contributed by atoms with Crippen LogP contribution in [-0.2, 0) is 0 Å². The third-order valence-corrected chi connectivity index (χ3v) is 3.50. The SMILES string of the molecule is O=c1[nH]c2ccc(N=Cc3c(Cl)cccc3Cl)cc2[nH]1. The third kappa shape index (κ3) is 2.48. The highest BCUT2D eigenvalue weighted by atomic mass is 35.5. The van der Waals surface area contributed by atoms with Crippen LogP contribution in [0.15, 0.2) is 46.2 Å². The first-order chi connectivity index (χ1) is 9.63. The number of aliphatic imine (C=N–C) groups is 1. The summed E-state index contributed by atoms with van der Waals surface area (Å²) >= 11 is 12.1. The molecule has 0 unspecified atom stereocenters. The maximum absolute atomic E-state index is 11.2. The van der Waals surface area contributed by atoms with E-state index in [0.717, 1.165) is 5.52 Å². The maximum atomic E-state index is 11.2. The van der Waals surface area contributed by atoms with Crippen LogP contribution in [0.2, 0.25) is 10.0 Å². The van der Waals surface area contributed by atoms with Crippen molar-refractivity contribution in [3.63, 3.8) is 0 Å². The fourth-order valence-electron chi connectivity index (χ4n) is 1.87. The Balaban J connectivity index is 2.00. The summed E-state index contributed by atoms with van der Waals surface area (Å²) in [6.45, 7) is 0. The summed E-state index contributed by atoms with van der Waals surface area (Å²) < 4.78 is 0. The Morgan fingerprint density at radius 1 is 1.00 bits per heavy atom. The van der Waals surface area contributed by atoms with Gasteiger partial charge in [0.15, 0.2) is 0 Å². The molecule has 6 heteroatoms. The van der Waals surface area contributed by atoms with Gasteiger partial charge in [0.1, 0.15) is 0 Å². The van der Waals surface area contributed by atoms with E-state index in [1.165, 1.54) is 0 Å². The molecule has 3 rings (SSSR count). The minimum absolute atomic E-state index is 0.240. The van der Waals surface area contributed by atoms with Crippen molar-refractivity contribution in [1.29, 1.82) is 0 Å². The van der Waals surface area contributed by atoms with Gasteiger partial charge < -0.3 is 9.97 Å². The standard InChI is InChI=1S/C14H9Cl2N3O/c15-10-2-1-3-11(16)9(10)7-17-8-4-5-12-13(6-8)19-14(20)18-12/h1-7H,(H2,18,19,20). The van der Waals surface area contributed by atoms with Gasteiger partial charge in [0, 0.05) is 11.8 Å². The molecule has 20 heavy (non-hydrogen) atoms. The minimum atomic E-state index is -0.240. The number of hydrogen-bond donors (Lipinski definition) is 2. The molecule has 1 heterocycles. The minimum Gasteiger partial charge on any atom is -0.306 e. The molecule has 0 aliphatic carbocycles. The number of aromatic nitrogens is 2. The molecule has 0 fully saturated rings. The van der Waals surface area contributed by atoms with E-state index in [0.29, 0.717) is 26.8 Å². The highest BCUT2D eigenvalue weighted by molar-refractivity contribution is 6.38. The molecule has 100 valence electrons. The Labute approximate surface area is 124 Å². The maximum Gasteiger partial charge on any atom is 0.323 e. The molecule has 0 atom stereocenters. The predicted octanol–water partition coefficient (Wildman–Crippen LogP) is 3.91. The fourth-order valence-corrected chi connectivity index (χ4v) is 2.37. The van der Waals surface area contributed by atoms with E-state index in [9.17, 15) is 4.79 Å². The lowest BCUT2D eigenvalue weighted by Gasteiger charge is -2.00. The molecule has 0 radical (unpaired) electrons. The second kappa shape index (κ2) is 5.15. The lowest BCUT2D eigenvalue weighted by molar-refractivity contribution is 1.21. The average molecular weight is 306 g/mol. The molecule has 0 aliphatic heterocycles. The van der Waals surface area contributed by atoms with Crippen molar-refractivity contribution in [3.05, 3.63) is 62.5 Å². The molecule has 1 aromatic heterocycles. The molecule has 3 aromatic rings. The molecule has 0 saturated heterocycles. The Bertz CT molecular complexity index is 844. The number of benzene rings is 2. The number of fused-ring (bicyclic) bond motifs is 1. The number of hydrogen-bond acceptors (Lipinski definition) is 2. The smallest absolute Gasteiger partial charge is 0.306 e. The van der Waals surface area contributed by atoms with E-state index in [-0.39, 0.29) is 5.69 Å². The van der Waals surface area contributed by atoms with Crippen LogP contribution >= 0.6 is 23.2 Å². The number of H-pyrrole nitrogens is 2. The van der Waals surface area contributed by atoms with Gasteiger partial charge in [-0.3, -0.25) is 4.99 Å². The zero-order chi connectivity index (χ0) is 14.1. The molecule has 0 amide bonds. The predicted molar refractivity (Wildman–Crippen MR) is 82.6 cm³/mol. The summed E-state index contributed by atoms with van der Waals surface area (Å²) in [5.74, 6) is 0. The molecular weight excluding hydrogens is 297 g/mol. The molecule has 2 N–H and O–H groups in total. The van der Waals surface area contributed by atoms with Crippen LogP contribution in [0.1, 0.15) is 5.56 Å². The number of halogens is 2. The normalized spacial score (nSPS) is 11.5. The van der Waals surface area contributed by atoms with Gasteiger partial charge in [-0.15, -0.1) is 0 Å². The van der Waals surface area contributed by atoms with E-state index in [4.69, 9.17) is 23.2 Å². The Hall–Kier alpha value is -2.04. The lowest BCUT2D eigenvalue weighted by atomic mass is 10.2. The second-order valence-electron chi connectivity index (χ2n) is 4.20. The first-order valence-corrected chi connectivity index (χ1v) is 6.59. The summed E-state index contributed by atoms with van der Waals surface area (Å²) in [6.07, 6.45) is 1.61. The molecular formula is C14H9Cl2N3O. The molecule has 4 nitrogen and oxygen atoms in total. The van der Waals surface area contributed by atoms with Gasteiger partial charge in [0.25, 0.3) is 0 Å². The van der Waals surface area contributed by atoms with Gasteiger partial charge in [-0.2, -0.15) is 0 Å². The van der Waals surface area contributed by atoms with Gasteiger partial charge in [0.2, 0.25) is 0 Å². The quantitative estimate of drug-likeness (QED) is 0.693. The number of imidazole rings is 1. The van der Waals surface area contributed by atoms with Gasteiger partial charge >= 0.3 is 5.69 Å². The lowest BCUT2D eigenvalue weighted by Crippen LogP contribution is -1.99. The first kappa shape index (κ1) is 13.0. The molecule has 0 aliphatic rings. The average Bonchev–Trinajstić information content (AvgIpc) is 2.77. The Morgan fingerprint density at radius 2 is 1.70 bits per heavy atom. The van der Waals surface area contributed by atoms with Crippen molar-refractivity contribution in [2.45, 2.75) is 0 Å². The highest BCUT2D eigenvalue weighted by Crippen LogP contribution is 2.24. The van der Waals surface area contributed by atoms with Gasteiger partial charge in [-0.05, 0) is 30.3 Å². The monoisotopic (exact) mass is 305 g/mol. The van der Waals surface area contributed by atoms with Crippen molar-refractivity contribution in [1.82, 2.24) is 9.97 Å². The van der Waals surface area contributed by atoms with Crippen LogP contribution in [0.25, 0.3) is 11.0 Å². The molecule has 0 spiro atoms. The topological polar surface area (TPSA) is 61.0 Å². The van der Waals surface area contributed by atoms with E-state index >= 15 is 0 Å². The zero-order valence-electron chi connectivity index (χ0n) is 10.2. The second-order valence-corrected chi connectivity index (χ2v) is 5.02. The summed E-state index contributed by atoms with van der Waals surface area (Å²) in [5.41, 5.74) is 2.57. The largest absolute Gasteiger partial charge is 0.323 e.